The molecule has 4 N–H and O–H groups in total. The number of hydrogen-bond donors (Lipinski definition) is 3. The van der Waals surface area contributed by atoms with Crippen LogP contribution >= 0.6 is 11.3 Å². The lowest BCUT2D eigenvalue weighted by Gasteiger charge is -2.34. The minimum atomic E-state index is -0.487. The summed E-state index contributed by atoms with van der Waals surface area (Å²) in [5.74, 6) is 1.31. The van der Waals surface area contributed by atoms with Crippen molar-refractivity contribution in [3.05, 3.63) is 16.3 Å². The first-order valence-corrected chi connectivity index (χ1v) is 9.55. The van der Waals surface area contributed by atoms with Gasteiger partial charge in [0.2, 0.25) is 0 Å². The number of nitrogens with zero attached hydrogens (tertiary/aromatic N) is 3. The van der Waals surface area contributed by atoms with Gasteiger partial charge in [-0.15, -0.1) is 11.3 Å². The quantitative estimate of drug-likeness (QED) is 0.774. The molecule has 24 heavy (non-hydrogen) atoms. The lowest BCUT2D eigenvalue weighted by Crippen LogP contribution is -2.44. The number of thiophene rings is 1. The van der Waals surface area contributed by atoms with E-state index in [1.165, 1.54) is 23.3 Å². The standard InChI is InChI=1S/C17H24N4O2S/c18-16-15-11-3-1-2-4-13(11)24-17(15)20-14(19-16)8-21-6-5-10(9-22)12(23)7-21/h10,12,22-23H,1-9H2,(H2,18,19,20)/t10-,12+/m1/s1. The first-order chi connectivity index (χ1) is 11.7. The molecule has 7 heteroatoms. The van der Waals surface area contributed by atoms with E-state index >= 15 is 0 Å². The first-order valence-electron chi connectivity index (χ1n) is 8.73. The Balaban J connectivity index is 1.57. The van der Waals surface area contributed by atoms with Crippen molar-refractivity contribution in [1.82, 2.24) is 14.9 Å². The highest BCUT2D eigenvalue weighted by molar-refractivity contribution is 7.19. The Kier molecular flexibility index (Phi) is 4.42. The van der Waals surface area contributed by atoms with Crippen molar-refractivity contribution in [1.29, 1.82) is 0 Å². The molecule has 130 valence electrons. The topological polar surface area (TPSA) is 95.5 Å². The number of likely N-dealkylation sites (tertiary alicyclic amines) is 1. The number of aliphatic hydroxyl groups is 2. The van der Waals surface area contributed by atoms with Gasteiger partial charge in [-0.2, -0.15) is 0 Å². The number of nitrogens with two attached hydrogens (primary N) is 1. The maximum Gasteiger partial charge on any atom is 0.146 e. The molecule has 2 aliphatic rings. The molecule has 2 atom stereocenters. The Bertz CT molecular complexity index is 748. The minimum absolute atomic E-state index is 0.0151. The maximum absolute atomic E-state index is 10.1. The molecular weight excluding hydrogens is 324 g/mol. The fraction of sp³-hybridized carbons (Fsp3) is 0.647. The highest BCUT2D eigenvalue weighted by Crippen LogP contribution is 2.37. The smallest absolute Gasteiger partial charge is 0.146 e. The third-order valence-corrected chi connectivity index (χ3v) is 6.48. The summed E-state index contributed by atoms with van der Waals surface area (Å²) in [6.07, 6.45) is 4.99. The van der Waals surface area contributed by atoms with Crippen LogP contribution in [0.5, 0.6) is 0 Å². The summed E-state index contributed by atoms with van der Waals surface area (Å²) in [6, 6.07) is 0. The number of aromatic nitrogens is 2. The monoisotopic (exact) mass is 348 g/mol. The summed E-state index contributed by atoms with van der Waals surface area (Å²) in [4.78, 5) is 13.9. The van der Waals surface area contributed by atoms with Gasteiger partial charge in [0.1, 0.15) is 16.5 Å². The first kappa shape index (κ1) is 16.2. The van der Waals surface area contributed by atoms with Crippen LogP contribution in [0, 0.1) is 5.92 Å². The largest absolute Gasteiger partial charge is 0.396 e. The molecule has 1 fully saturated rings. The fourth-order valence-corrected chi connectivity index (χ4v) is 5.19. The summed E-state index contributed by atoms with van der Waals surface area (Å²) in [5, 5.41) is 20.4. The molecule has 6 nitrogen and oxygen atoms in total. The van der Waals surface area contributed by atoms with E-state index in [2.05, 4.69) is 9.88 Å². The van der Waals surface area contributed by atoms with Gasteiger partial charge in [-0.05, 0) is 44.2 Å². The molecule has 2 aromatic heterocycles. The van der Waals surface area contributed by atoms with Crippen molar-refractivity contribution in [2.75, 3.05) is 25.4 Å². The Hall–Kier alpha value is -1.28. The van der Waals surface area contributed by atoms with Crippen LogP contribution in [0.2, 0.25) is 0 Å². The number of anilines is 1. The molecule has 4 rings (SSSR count). The minimum Gasteiger partial charge on any atom is -0.396 e. The Morgan fingerprint density at radius 1 is 1.25 bits per heavy atom. The van der Waals surface area contributed by atoms with Crippen LogP contribution in [-0.4, -0.2) is 50.9 Å². The van der Waals surface area contributed by atoms with E-state index in [1.807, 2.05) is 0 Å². The zero-order valence-electron chi connectivity index (χ0n) is 13.7. The van der Waals surface area contributed by atoms with Crippen LogP contribution in [0.15, 0.2) is 0 Å². The molecular formula is C17H24N4O2S. The normalized spacial score (nSPS) is 25.1. The van der Waals surface area contributed by atoms with E-state index in [4.69, 9.17) is 10.7 Å². The van der Waals surface area contributed by atoms with Crippen molar-refractivity contribution in [3.63, 3.8) is 0 Å². The van der Waals surface area contributed by atoms with Crippen molar-refractivity contribution in [2.24, 2.45) is 5.92 Å². The van der Waals surface area contributed by atoms with Gasteiger partial charge in [-0.3, -0.25) is 4.90 Å². The van der Waals surface area contributed by atoms with E-state index in [9.17, 15) is 10.2 Å². The average Bonchev–Trinajstić information content (AvgIpc) is 2.93. The lowest BCUT2D eigenvalue weighted by molar-refractivity contribution is -0.00512. The predicted molar refractivity (Wildman–Crippen MR) is 94.9 cm³/mol. The van der Waals surface area contributed by atoms with Gasteiger partial charge >= 0.3 is 0 Å². The molecule has 0 unspecified atom stereocenters. The van der Waals surface area contributed by atoms with E-state index in [1.54, 1.807) is 11.3 Å². The molecule has 1 saturated heterocycles. The number of β-amino-alcohol motifs (C(OH)–C–C–N with tert-alkyl or cyclic N) is 1. The van der Waals surface area contributed by atoms with Crippen molar-refractivity contribution >= 4 is 27.4 Å². The van der Waals surface area contributed by atoms with Gasteiger partial charge in [-0.1, -0.05) is 0 Å². The van der Waals surface area contributed by atoms with E-state index < -0.39 is 6.10 Å². The molecule has 0 amide bonds. The van der Waals surface area contributed by atoms with Gasteiger partial charge in [0.05, 0.1) is 18.0 Å². The second-order valence-corrected chi connectivity index (χ2v) is 8.03. The lowest BCUT2D eigenvalue weighted by atomic mass is 9.95. The Labute approximate surface area is 145 Å². The summed E-state index contributed by atoms with van der Waals surface area (Å²) in [7, 11) is 0. The summed E-state index contributed by atoms with van der Waals surface area (Å²) < 4.78 is 0. The molecule has 0 spiro atoms. The second kappa shape index (κ2) is 6.55. The van der Waals surface area contributed by atoms with Crippen LogP contribution < -0.4 is 5.73 Å². The Morgan fingerprint density at radius 3 is 2.88 bits per heavy atom. The molecule has 0 radical (unpaired) electrons. The number of nitrogen functional groups attached to an aromatic ring is 1. The van der Waals surface area contributed by atoms with Crippen LogP contribution in [0.4, 0.5) is 5.82 Å². The number of aliphatic hydroxyl groups excluding tert-OH is 2. The van der Waals surface area contributed by atoms with E-state index in [0.717, 1.165) is 41.8 Å². The molecule has 0 aromatic carbocycles. The van der Waals surface area contributed by atoms with Crippen LogP contribution in [0.25, 0.3) is 10.2 Å². The number of aryl methyl sites for hydroxylation is 2. The molecule has 1 aliphatic heterocycles. The van der Waals surface area contributed by atoms with Gasteiger partial charge in [0, 0.05) is 23.9 Å². The number of hydrogen-bond acceptors (Lipinski definition) is 7. The third-order valence-electron chi connectivity index (χ3n) is 5.29. The van der Waals surface area contributed by atoms with Gasteiger partial charge in [-0.25, -0.2) is 9.97 Å². The summed E-state index contributed by atoms with van der Waals surface area (Å²) in [5.41, 5.74) is 7.62. The molecule has 0 saturated carbocycles. The van der Waals surface area contributed by atoms with E-state index in [0.29, 0.717) is 18.9 Å². The van der Waals surface area contributed by atoms with Gasteiger partial charge < -0.3 is 15.9 Å². The van der Waals surface area contributed by atoms with Crippen LogP contribution in [0.3, 0.4) is 0 Å². The number of fused-ring (bicyclic) bond motifs is 3. The van der Waals surface area contributed by atoms with Crippen molar-refractivity contribution in [3.8, 4) is 0 Å². The number of piperidine rings is 1. The molecule has 1 aliphatic carbocycles. The molecule has 2 aromatic rings. The van der Waals surface area contributed by atoms with E-state index in [-0.39, 0.29) is 12.5 Å². The molecule has 0 bridgehead atoms. The highest BCUT2D eigenvalue weighted by atomic mass is 32.1. The fourth-order valence-electron chi connectivity index (χ4n) is 3.90. The average molecular weight is 348 g/mol. The highest BCUT2D eigenvalue weighted by Gasteiger charge is 2.28. The zero-order valence-corrected chi connectivity index (χ0v) is 14.6. The van der Waals surface area contributed by atoms with Crippen LogP contribution in [-0.2, 0) is 19.4 Å². The second-order valence-electron chi connectivity index (χ2n) is 6.95. The van der Waals surface area contributed by atoms with Crippen LogP contribution in [0.1, 0.15) is 35.5 Å². The van der Waals surface area contributed by atoms with Crippen molar-refractivity contribution < 1.29 is 10.2 Å². The third kappa shape index (κ3) is 2.90. The SMILES string of the molecule is Nc1nc(CN2CC[C@H](CO)[C@@H](O)C2)nc2sc3c(c12)CCCC3. The maximum atomic E-state index is 10.1. The summed E-state index contributed by atoms with van der Waals surface area (Å²) >= 11 is 1.76. The number of rotatable bonds is 3. The molecule has 3 heterocycles. The van der Waals surface area contributed by atoms with Gasteiger partial charge in [0.15, 0.2) is 0 Å². The van der Waals surface area contributed by atoms with Gasteiger partial charge in [0.25, 0.3) is 0 Å². The predicted octanol–water partition coefficient (Wildman–Crippen LogP) is 1.33. The zero-order chi connectivity index (χ0) is 16.7. The summed E-state index contributed by atoms with van der Waals surface area (Å²) in [6.45, 7) is 2.03. The Morgan fingerprint density at radius 2 is 2.08 bits per heavy atom. The van der Waals surface area contributed by atoms with Crippen molar-refractivity contribution in [2.45, 2.75) is 44.8 Å².